The van der Waals surface area contributed by atoms with Crippen LogP contribution in [0.2, 0.25) is 0 Å². The Hall–Kier alpha value is -1.74. The molecule has 0 saturated heterocycles. The number of hydrogen-bond donors (Lipinski definition) is 0. The second-order valence-electron chi connectivity index (χ2n) is 5.16. The van der Waals surface area contributed by atoms with Gasteiger partial charge in [-0.05, 0) is 35.9 Å². The van der Waals surface area contributed by atoms with E-state index in [0.29, 0.717) is 6.42 Å². The molecular formula is C18H18O2S. The van der Waals surface area contributed by atoms with Crippen LogP contribution in [0.5, 0.6) is 5.75 Å². The molecule has 0 saturated carbocycles. The molecule has 21 heavy (non-hydrogen) atoms. The topological polar surface area (TPSA) is 26.3 Å². The zero-order chi connectivity index (χ0) is 14.7. The van der Waals surface area contributed by atoms with Crippen molar-refractivity contribution in [3.8, 4) is 5.75 Å². The van der Waals surface area contributed by atoms with E-state index in [1.807, 2.05) is 36.6 Å². The Morgan fingerprint density at radius 3 is 2.95 bits per heavy atom. The maximum atomic E-state index is 12.4. The monoisotopic (exact) mass is 298 g/mol. The second kappa shape index (κ2) is 6.35. The van der Waals surface area contributed by atoms with E-state index in [9.17, 15) is 4.79 Å². The van der Waals surface area contributed by atoms with Crippen molar-refractivity contribution < 1.29 is 9.53 Å². The second-order valence-corrected chi connectivity index (χ2v) is 6.01. The first-order valence-electron chi connectivity index (χ1n) is 7.19. The minimum Gasteiger partial charge on any atom is -0.493 e. The van der Waals surface area contributed by atoms with Gasteiger partial charge in [0.25, 0.3) is 0 Å². The number of carbonyl (C=O) groups is 1. The lowest BCUT2D eigenvalue weighted by molar-refractivity contribution is 0.0980. The predicted molar refractivity (Wildman–Crippen MR) is 86.5 cm³/mol. The average Bonchev–Trinajstić information content (AvgIpc) is 3.00. The number of carbonyl (C=O) groups excluding carboxylic acids is 1. The molecule has 1 heterocycles. The van der Waals surface area contributed by atoms with Gasteiger partial charge >= 0.3 is 0 Å². The van der Waals surface area contributed by atoms with Crippen molar-refractivity contribution >= 4 is 17.5 Å². The van der Waals surface area contributed by atoms with Crippen LogP contribution < -0.4 is 4.74 Å². The molecule has 0 amide bonds. The van der Waals surface area contributed by atoms with Crippen LogP contribution in [0, 0.1) is 0 Å². The molecule has 0 aromatic heterocycles. The maximum Gasteiger partial charge on any atom is 0.164 e. The molecule has 0 atom stereocenters. The molecule has 108 valence electrons. The molecule has 3 heteroatoms. The van der Waals surface area contributed by atoms with Gasteiger partial charge in [-0.2, -0.15) is 0 Å². The summed E-state index contributed by atoms with van der Waals surface area (Å²) < 4.78 is 5.51. The van der Waals surface area contributed by atoms with E-state index in [-0.39, 0.29) is 5.78 Å². The molecule has 2 aromatic carbocycles. The fourth-order valence-electron chi connectivity index (χ4n) is 2.66. The van der Waals surface area contributed by atoms with E-state index in [0.717, 1.165) is 35.7 Å². The smallest absolute Gasteiger partial charge is 0.164 e. The summed E-state index contributed by atoms with van der Waals surface area (Å²) in [6, 6.07) is 14.1. The van der Waals surface area contributed by atoms with Crippen molar-refractivity contribution in [2.45, 2.75) is 24.2 Å². The molecule has 0 N–H and O–H groups in total. The van der Waals surface area contributed by atoms with Crippen LogP contribution in [0.15, 0.2) is 47.4 Å². The predicted octanol–water partition coefficient (Wildman–Crippen LogP) is 4.16. The fourth-order valence-corrected chi connectivity index (χ4v) is 3.28. The van der Waals surface area contributed by atoms with E-state index in [2.05, 4.69) is 12.1 Å². The molecule has 0 unspecified atom stereocenters. The van der Waals surface area contributed by atoms with Gasteiger partial charge in [0.2, 0.25) is 0 Å². The Morgan fingerprint density at radius 2 is 2.10 bits per heavy atom. The van der Waals surface area contributed by atoms with Gasteiger partial charge in [0, 0.05) is 23.3 Å². The van der Waals surface area contributed by atoms with Crippen LogP contribution in [0.3, 0.4) is 0 Å². The summed E-state index contributed by atoms with van der Waals surface area (Å²) >= 11 is 1.62. The summed E-state index contributed by atoms with van der Waals surface area (Å²) in [5, 5.41) is 0. The number of hydrogen-bond acceptors (Lipinski definition) is 3. The molecular weight excluding hydrogens is 280 g/mol. The van der Waals surface area contributed by atoms with E-state index < -0.39 is 0 Å². The quantitative estimate of drug-likeness (QED) is 0.612. The Bertz CT molecular complexity index is 664. The average molecular weight is 298 g/mol. The lowest BCUT2D eigenvalue weighted by atomic mass is 10.0. The van der Waals surface area contributed by atoms with E-state index in [1.54, 1.807) is 11.8 Å². The Kier molecular flexibility index (Phi) is 4.30. The van der Waals surface area contributed by atoms with Gasteiger partial charge in [-0.15, -0.1) is 11.8 Å². The highest BCUT2D eigenvalue weighted by molar-refractivity contribution is 7.98. The maximum absolute atomic E-state index is 12.4. The van der Waals surface area contributed by atoms with Crippen molar-refractivity contribution in [2.24, 2.45) is 0 Å². The highest BCUT2D eigenvalue weighted by Gasteiger charge is 2.14. The number of rotatable bonds is 5. The lowest BCUT2D eigenvalue weighted by Crippen LogP contribution is -2.03. The van der Waals surface area contributed by atoms with Crippen molar-refractivity contribution in [3.63, 3.8) is 0 Å². The first kappa shape index (κ1) is 14.2. The zero-order valence-corrected chi connectivity index (χ0v) is 12.9. The first-order chi connectivity index (χ1) is 10.3. The summed E-state index contributed by atoms with van der Waals surface area (Å²) in [6.45, 7) is 0.777. The molecule has 2 nitrogen and oxygen atoms in total. The summed E-state index contributed by atoms with van der Waals surface area (Å²) in [6.07, 6.45) is 4.32. The standard InChI is InChI=1S/C18H18O2S/c1-21-18-5-3-2-4-15(18)16(19)8-6-13-7-9-17-14(12-13)10-11-20-17/h2-5,7,9,12H,6,8,10-11H2,1H3. The minimum absolute atomic E-state index is 0.219. The Morgan fingerprint density at radius 1 is 1.24 bits per heavy atom. The van der Waals surface area contributed by atoms with Crippen molar-refractivity contribution in [1.29, 1.82) is 0 Å². The number of thioether (sulfide) groups is 1. The summed E-state index contributed by atoms with van der Waals surface area (Å²) in [7, 11) is 0. The SMILES string of the molecule is CSc1ccccc1C(=O)CCc1ccc2c(c1)CCO2. The molecule has 1 aliphatic rings. The normalized spacial score (nSPS) is 12.8. The third-order valence-corrected chi connectivity index (χ3v) is 4.60. The Labute approximate surface area is 129 Å². The summed E-state index contributed by atoms with van der Waals surface area (Å²) in [5.74, 6) is 1.22. The van der Waals surface area contributed by atoms with E-state index >= 15 is 0 Å². The summed E-state index contributed by atoms with van der Waals surface area (Å²) in [5.41, 5.74) is 3.33. The number of Topliss-reactive ketones (excluding diaryl/α,β-unsaturated/α-hetero) is 1. The lowest BCUT2D eigenvalue weighted by Gasteiger charge is -2.07. The van der Waals surface area contributed by atoms with Gasteiger partial charge in [-0.3, -0.25) is 4.79 Å². The van der Waals surface area contributed by atoms with Gasteiger partial charge in [0.1, 0.15) is 5.75 Å². The van der Waals surface area contributed by atoms with Gasteiger partial charge in [0.05, 0.1) is 6.61 Å². The van der Waals surface area contributed by atoms with Gasteiger partial charge < -0.3 is 4.74 Å². The van der Waals surface area contributed by atoms with Gasteiger partial charge in [-0.1, -0.05) is 30.3 Å². The number of fused-ring (bicyclic) bond motifs is 1. The van der Waals surface area contributed by atoms with E-state index in [1.165, 1.54) is 11.1 Å². The minimum atomic E-state index is 0.219. The largest absolute Gasteiger partial charge is 0.493 e. The molecule has 0 spiro atoms. The first-order valence-corrected chi connectivity index (χ1v) is 8.41. The van der Waals surface area contributed by atoms with Crippen molar-refractivity contribution in [3.05, 3.63) is 59.2 Å². The number of benzene rings is 2. The third kappa shape index (κ3) is 3.13. The Balaban J connectivity index is 1.68. The van der Waals surface area contributed by atoms with Crippen LogP contribution in [0.1, 0.15) is 27.9 Å². The number of ketones is 1. The van der Waals surface area contributed by atoms with Gasteiger partial charge in [-0.25, -0.2) is 0 Å². The molecule has 3 rings (SSSR count). The zero-order valence-electron chi connectivity index (χ0n) is 12.1. The number of ether oxygens (including phenoxy) is 1. The van der Waals surface area contributed by atoms with Crippen LogP contribution in [0.4, 0.5) is 0 Å². The molecule has 1 aliphatic heterocycles. The molecule has 2 aromatic rings. The van der Waals surface area contributed by atoms with Crippen LogP contribution in [-0.4, -0.2) is 18.6 Å². The van der Waals surface area contributed by atoms with Crippen LogP contribution >= 0.6 is 11.8 Å². The molecule has 0 bridgehead atoms. The fraction of sp³-hybridized carbons (Fsp3) is 0.278. The number of aryl methyl sites for hydroxylation is 1. The van der Waals surface area contributed by atoms with E-state index in [4.69, 9.17) is 4.74 Å². The molecule has 0 fully saturated rings. The van der Waals surface area contributed by atoms with Crippen molar-refractivity contribution in [1.82, 2.24) is 0 Å². The molecule has 0 radical (unpaired) electrons. The molecule has 0 aliphatic carbocycles. The highest BCUT2D eigenvalue weighted by atomic mass is 32.2. The van der Waals surface area contributed by atoms with Gasteiger partial charge in [0.15, 0.2) is 5.78 Å². The summed E-state index contributed by atoms with van der Waals surface area (Å²) in [4.78, 5) is 13.5. The van der Waals surface area contributed by atoms with Crippen molar-refractivity contribution in [2.75, 3.05) is 12.9 Å². The van der Waals surface area contributed by atoms with Crippen LogP contribution in [-0.2, 0) is 12.8 Å². The van der Waals surface area contributed by atoms with Crippen LogP contribution in [0.25, 0.3) is 0 Å². The highest BCUT2D eigenvalue weighted by Crippen LogP contribution is 2.27. The third-order valence-electron chi connectivity index (χ3n) is 3.80.